The maximum absolute atomic E-state index is 13.4. The van der Waals surface area contributed by atoms with Crippen LogP contribution in [0.1, 0.15) is 25.3 Å². The van der Waals surface area contributed by atoms with Gasteiger partial charge < -0.3 is 5.21 Å². The molecule has 3 nitrogen and oxygen atoms in total. The van der Waals surface area contributed by atoms with Gasteiger partial charge in [0.15, 0.2) is 0 Å². The van der Waals surface area contributed by atoms with Gasteiger partial charge in [0, 0.05) is 32.0 Å². The van der Waals surface area contributed by atoms with E-state index in [1.54, 1.807) is 6.07 Å². The van der Waals surface area contributed by atoms with E-state index in [9.17, 15) is 4.39 Å². The molecule has 5 heteroatoms. The number of benzene rings is 1. The Hall–Kier alpha value is -1.13. The van der Waals surface area contributed by atoms with Gasteiger partial charge in [0.25, 0.3) is 0 Å². The highest BCUT2D eigenvalue weighted by Crippen LogP contribution is 2.21. The van der Waals surface area contributed by atoms with E-state index in [1.807, 2.05) is 6.07 Å². The lowest BCUT2D eigenvalue weighted by atomic mass is 9.93. The van der Waals surface area contributed by atoms with Crippen LogP contribution in [0, 0.1) is 11.7 Å². The number of halogens is 2. The molecule has 1 aromatic rings. The fourth-order valence-electron chi connectivity index (χ4n) is 2.52. The maximum Gasteiger partial charge on any atom is 0.142 e. The van der Waals surface area contributed by atoms with E-state index in [4.69, 9.17) is 16.8 Å². The topological polar surface area (TPSA) is 35.8 Å². The summed E-state index contributed by atoms with van der Waals surface area (Å²) >= 11 is 5.67. The van der Waals surface area contributed by atoms with Gasteiger partial charge in [-0.2, -0.15) is 0 Å². The third-order valence-corrected chi connectivity index (χ3v) is 3.95. The van der Waals surface area contributed by atoms with E-state index in [0.717, 1.165) is 37.2 Å². The molecule has 1 aromatic carbocycles. The van der Waals surface area contributed by atoms with Crippen molar-refractivity contribution in [3.63, 3.8) is 0 Å². The molecule has 1 aliphatic heterocycles. The second-order valence-corrected chi connectivity index (χ2v) is 5.34. The Morgan fingerprint density at radius 3 is 2.95 bits per heavy atom. The van der Waals surface area contributed by atoms with Gasteiger partial charge in [-0.1, -0.05) is 29.7 Å². The Bertz CT molecular complexity index is 479. The molecule has 1 heterocycles. The van der Waals surface area contributed by atoms with E-state index in [2.05, 4.69) is 17.0 Å². The Morgan fingerprint density at radius 1 is 1.53 bits per heavy atom. The second kappa shape index (κ2) is 6.35. The minimum absolute atomic E-state index is 0.156. The lowest BCUT2D eigenvalue weighted by Crippen LogP contribution is -2.40. The molecule has 1 aliphatic rings. The summed E-state index contributed by atoms with van der Waals surface area (Å²) in [6.07, 6.45) is 1.72. The SMILES string of the molecule is CCC1CN(Cc2ccc(Cl)c(F)c2)CC/C1=N\O. The first-order valence-corrected chi connectivity index (χ1v) is 6.89. The van der Waals surface area contributed by atoms with Crippen molar-refractivity contribution < 1.29 is 9.60 Å². The molecule has 0 radical (unpaired) electrons. The fourth-order valence-corrected chi connectivity index (χ4v) is 2.64. The van der Waals surface area contributed by atoms with Gasteiger partial charge in [-0.3, -0.25) is 4.90 Å². The highest BCUT2D eigenvalue weighted by molar-refractivity contribution is 6.30. The maximum atomic E-state index is 13.4. The summed E-state index contributed by atoms with van der Waals surface area (Å²) in [5, 5.41) is 12.5. The highest BCUT2D eigenvalue weighted by Gasteiger charge is 2.24. The molecule has 1 fully saturated rings. The normalized spacial score (nSPS) is 22.9. The zero-order valence-corrected chi connectivity index (χ0v) is 11.7. The average molecular weight is 285 g/mol. The first-order chi connectivity index (χ1) is 9.13. The average Bonchev–Trinajstić information content (AvgIpc) is 2.43. The van der Waals surface area contributed by atoms with Crippen LogP contribution in [0.5, 0.6) is 0 Å². The van der Waals surface area contributed by atoms with Crippen LogP contribution in [-0.2, 0) is 6.54 Å². The predicted molar refractivity (Wildman–Crippen MR) is 74.3 cm³/mol. The molecular weight excluding hydrogens is 267 g/mol. The fraction of sp³-hybridized carbons (Fsp3) is 0.500. The zero-order valence-electron chi connectivity index (χ0n) is 10.9. The second-order valence-electron chi connectivity index (χ2n) is 4.93. The van der Waals surface area contributed by atoms with Crippen LogP contribution >= 0.6 is 11.6 Å². The molecule has 1 atom stereocenters. The van der Waals surface area contributed by atoms with Crippen molar-refractivity contribution in [1.82, 2.24) is 4.90 Å². The first kappa shape index (κ1) is 14.3. The van der Waals surface area contributed by atoms with Crippen LogP contribution in [0.25, 0.3) is 0 Å². The summed E-state index contributed by atoms with van der Waals surface area (Å²) in [5.74, 6) is -0.0864. The minimum atomic E-state index is -0.374. The largest absolute Gasteiger partial charge is 0.411 e. The van der Waals surface area contributed by atoms with E-state index in [0.29, 0.717) is 6.54 Å². The molecule has 1 N–H and O–H groups in total. The van der Waals surface area contributed by atoms with Crippen molar-refractivity contribution in [3.8, 4) is 0 Å². The quantitative estimate of drug-likeness (QED) is 0.681. The number of likely N-dealkylation sites (tertiary alicyclic amines) is 1. The molecule has 0 bridgehead atoms. The van der Waals surface area contributed by atoms with Gasteiger partial charge in [-0.25, -0.2) is 4.39 Å². The van der Waals surface area contributed by atoms with Crippen molar-refractivity contribution in [2.45, 2.75) is 26.3 Å². The molecular formula is C14H18ClFN2O. The van der Waals surface area contributed by atoms with E-state index in [1.165, 1.54) is 6.07 Å². The van der Waals surface area contributed by atoms with Crippen LogP contribution in [0.2, 0.25) is 5.02 Å². The smallest absolute Gasteiger partial charge is 0.142 e. The molecule has 2 rings (SSSR count). The van der Waals surface area contributed by atoms with Crippen LogP contribution in [-0.4, -0.2) is 28.9 Å². The third-order valence-electron chi connectivity index (χ3n) is 3.65. The van der Waals surface area contributed by atoms with Gasteiger partial charge >= 0.3 is 0 Å². The number of piperidine rings is 1. The number of hydrogen-bond acceptors (Lipinski definition) is 3. The summed E-state index contributed by atoms with van der Waals surface area (Å²) in [5.41, 5.74) is 1.79. The minimum Gasteiger partial charge on any atom is -0.411 e. The van der Waals surface area contributed by atoms with Gasteiger partial charge in [0.1, 0.15) is 5.82 Å². The van der Waals surface area contributed by atoms with Gasteiger partial charge in [-0.15, -0.1) is 0 Å². The van der Waals surface area contributed by atoms with Crippen LogP contribution in [0.3, 0.4) is 0 Å². The van der Waals surface area contributed by atoms with E-state index < -0.39 is 0 Å². The monoisotopic (exact) mass is 284 g/mol. The molecule has 19 heavy (non-hydrogen) atoms. The lowest BCUT2D eigenvalue weighted by molar-refractivity contribution is 0.220. The summed E-state index contributed by atoms with van der Waals surface area (Å²) in [6, 6.07) is 4.93. The van der Waals surface area contributed by atoms with Gasteiger partial charge in [0.2, 0.25) is 0 Å². The van der Waals surface area contributed by atoms with Crippen LogP contribution in [0.4, 0.5) is 4.39 Å². The van der Waals surface area contributed by atoms with Crippen LogP contribution < -0.4 is 0 Å². The molecule has 0 saturated carbocycles. The Kier molecular flexibility index (Phi) is 4.77. The molecule has 0 amide bonds. The van der Waals surface area contributed by atoms with E-state index in [-0.39, 0.29) is 16.8 Å². The van der Waals surface area contributed by atoms with Crippen molar-refractivity contribution in [3.05, 3.63) is 34.6 Å². The predicted octanol–water partition coefficient (Wildman–Crippen LogP) is 3.54. The van der Waals surface area contributed by atoms with E-state index >= 15 is 0 Å². The molecule has 0 aromatic heterocycles. The standard InChI is InChI=1S/C14H18ClFN2O/c1-2-11-9-18(6-5-14(11)17-19)8-10-3-4-12(15)13(16)7-10/h3-4,7,11,19H,2,5-6,8-9H2,1H3/b17-14+. The number of oxime groups is 1. The molecule has 0 aliphatic carbocycles. The number of rotatable bonds is 3. The third kappa shape index (κ3) is 3.45. The number of nitrogens with zero attached hydrogens (tertiary/aromatic N) is 2. The van der Waals surface area contributed by atoms with Crippen molar-refractivity contribution in [2.24, 2.45) is 11.1 Å². The lowest BCUT2D eigenvalue weighted by Gasteiger charge is -2.32. The van der Waals surface area contributed by atoms with Crippen LogP contribution in [0.15, 0.2) is 23.4 Å². The molecule has 1 unspecified atom stereocenters. The van der Waals surface area contributed by atoms with Crippen molar-refractivity contribution in [1.29, 1.82) is 0 Å². The van der Waals surface area contributed by atoms with Gasteiger partial charge in [0.05, 0.1) is 10.7 Å². The summed E-state index contributed by atoms with van der Waals surface area (Å²) < 4.78 is 13.4. The van der Waals surface area contributed by atoms with Crippen molar-refractivity contribution in [2.75, 3.05) is 13.1 Å². The first-order valence-electron chi connectivity index (χ1n) is 6.51. The number of hydrogen-bond donors (Lipinski definition) is 1. The molecule has 0 spiro atoms. The molecule has 1 saturated heterocycles. The molecule has 104 valence electrons. The van der Waals surface area contributed by atoms with Crippen molar-refractivity contribution >= 4 is 17.3 Å². The zero-order chi connectivity index (χ0) is 13.8. The Morgan fingerprint density at radius 2 is 2.32 bits per heavy atom. The summed E-state index contributed by atoms with van der Waals surface area (Å²) in [6.45, 7) is 4.46. The Labute approximate surface area is 117 Å². The highest BCUT2D eigenvalue weighted by atomic mass is 35.5. The van der Waals surface area contributed by atoms with Gasteiger partial charge in [-0.05, 0) is 24.1 Å². The summed E-state index contributed by atoms with van der Waals surface area (Å²) in [7, 11) is 0. The summed E-state index contributed by atoms with van der Waals surface area (Å²) in [4.78, 5) is 2.26. The Balaban J connectivity index is 2.02.